The second-order valence-corrected chi connectivity index (χ2v) is 10.0. The largest absolute Gasteiger partial charge is 0.496 e. The smallest absolute Gasteiger partial charge is 0.272 e. The molecule has 2 amide bonds. The van der Waals surface area contributed by atoms with Crippen LogP contribution in [0.1, 0.15) is 76.7 Å². The number of hydrogen-bond acceptors (Lipinski definition) is 5. The second kappa shape index (κ2) is 12.8. The van der Waals surface area contributed by atoms with E-state index in [2.05, 4.69) is 24.5 Å². The number of nitrogens with one attached hydrogen (secondary N) is 2. The highest BCUT2D eigenvalue weighted by atomic mass is 16.5. The number of aromatic nitrogens is 2. The van der Waals surface area contributed by atoms with Crippen LogP contribution in [0.4, 0.5) is 0 Å². The van der Waals surface area contributed by atoms with Crippen molar-refractivity contribution in [1.82, 2.24) is 20.4 Å². The Labute approximate surface area is 215 Å². The molecule has 0 aliphatic heterocycles. The highest BCUT2D eigenvalue weighted by molar-refractivity contribution is 5.94. The van der Waals surface area contributed by atoms with E-state index in [-0.39, 0.29) is 36.2 Å². The molecule has 0 saturated heterocycles. The van der Waals surface area contributed by atoms with Gasteiger partial charge in [-0.1, -0.05) is 46.6 Å². The average molecular weight is 499 g/mol. The predicted molar refractivity (Wildman–Crippen MR) is 141 cm³/mol. The molecule has 36 heavy (non-hydrogen) atoms. The van der Waals surface area contributed by atoms with Gasteiger partial charge in [0.2, 0.25) is 5.91 Å². The lowest BCUT2D eigenvalue weighted by atomic mass is 9.92. The van der Waals surface area contributed by atoms with Crippen molar-refractivity contribution in [2.75, 3.05) is 14.2 Å². The van der Waals surface area contributed by atoms with Crippen LogP contribution in [0.25, 0.3) is 11.3 Å². The summed E-state index contributed by atoms with van der Waals surface area (Å²) < 4.78 is 13.2. The molecule has 0 bridgehead atoms. The fourth-order valence-electron chi connectivity index (χ4n) is 4.50. The number of carbonyl (C=O) groups excluding carboxylic acids is 2. The number of ether oxygens (including phenoxy) is 2. The second-order valence-electron chi connectivity index (χ2n) is 10.0. The molecule has 2 N–H and O–H groups in total. The first-order valence-electron chi connectivity index (χ1n) is 13.2. The van der Waals surface area contributed by atoms with Crippen LogP contribution in [0.3, 0.4) is 0 Å². The summed E-state index contributed by atoms with van der Waals surface area (Å²) in [4.78, 5) is 25.9. The first kappa shape index (κ1) is 27.6. The molecule has 2 aromatic rings. The third-order valence-electron chi connectivity index (χ3n) is 7.28. The SMILES string of the molecule is CCC(CC)Cn1nc(C(=O)NC(CC(=O)NC2CCC2)C(C)C)cc1-c1c(OC)cccc1OC. The number of nitrogens with zero attached hydrogens (tertiary/aromatic N) is 2. The summed E-state index contributed by atoms with van der Waals surface area (Å²) in [6.45, 7) is 9.03. The molecule has 1 fully saturated rings. The molecule has 1 aromatic heterocycles. The van der Waals surface area contributed by atoms with Crippen molar-refractivity contribution in [3.8, 4) is 22.8 Å². The minimum atomic E-state index is -0.288. The van der Waals surface area contributed by atoms with Crippen molar-refractivity contribution in [3.05, 3.63) is 30.0 Å². The molecular weight excluding hydrogens is 456 g/mol. The zero-order valence-corrected chi connectivity index (χ0v) is 22.6. The average Bonchev–Trinajstić information content (AvgIpc) is 3.27. The highest BCUT2D eigenvalue weighted by Crippen LogP contribution is 2.39. The Hall–Kier alpha value is -3.03. The molecule has 1 heterocycles. The van der Waals surface area contributed by atoms with Gasteiger partial charge in [0, 0.05) is 25.0 Å². The van der Waals surface area contributed by atoms with Crippen molar-refractivity contribution < 1.29 is 19.1 Å². The van der Waals surface area contributed by atoms with Gasteiger partial charge in [0.15, 0.2) is 5.69 Å². The molecular formula is C28H42N4O4. The van der Waals surface area contributed by atoms with E-state index in [1.807, 2.05) is 36.7 Å². The molecule has 8 heteroatoms. The Morgan fingerprint density at radius 3 is 2.25 bits per heavy atom. The molecule has 8 nitrogen and oxygen atoms in total. The van der Waals surface area contributed by atoms with Gasteiger partial charge in [0.05, 0.1) is 25.5 Å². The minimum Gasteiger partial charge on any atom is -0.496 e. The lowest BCUT2D eigenvalue weighted by Gasteiger charge is -2.28. The molecule has 1 aromatic carbocycles. The molecule has 1 aliphatic rings. The normalized spacial score (nSPS) is 14.4. The number of carbonyl (C=O) groups is 2. The summed E-state index contributed by atoms with van der Waals surface area (Å²) in [5.41, 5.74) is 1.85. The van der Waals surface area contributed by atoms with Gasteiger partial charge >= 0.3 is 0 Å². The van der Waals surface area contributed by atoms with Crippen molar-refractivity contribution >= 4 is 11.8 Å². The van der Waals surface area contributed by atoms with Crippen LogP contribution in [0.15, 0.2) is 24.3 Å². The van der Waals surface area contributed by atoms with E-state index in [9.17, 15) is 9.59 Å². The van der Waals surface area contributed by atoms with Crippen LogP contribution in [0.5, 0.6) is 11.5 Å². The van der Waals surface area contributed by atoms with Gasteiger partial charge in [0.25, 0.3) is 5.91 Å². The van der Waals surface area contributed by atoms with E-state index >= 15 is 0 Å². The van der Waals surface area contributed by atoms with E-state index in [1.165, 1.54) is 0 Å². The first-order chi connectivity index (χ1) is 17.3. The molecule has 0 radical (unpaired) electrons. The molecule has 1 atom stereocenters. The van der Waals surface area contributed by atoms with Crippen molar-refractivity contribution in [3.63, 3.8) is 0 Å². The Morgan fingerprint density at radius 1 is 1.11 bits per heavy atom. The number of benzene rings is 1. The number of amides is 2. The molecule has 3 rings (SSSR count). The molecule has 1 unspecified atom stereocenters. The monoisotopic (exact) mass is 498 g/mol. The lowest BCUT2D eigenvalue weighted by Crippen LogP contribution is -2.45. The van der Waals surface area contributed by atoms with Gasteiger partial charge in [-0.3, -0.25) is 14.3 Å². The summed E-state index contributed by atoms with van der Waals surface area (Å²) in [7, 11) is 3.24. The van der Waals surface area contributed by atoms with Gasteiger partial charge in [-0.25, -0.2) is 0 Å². The lowest BCUT2D eigenvalue weighted by molar-refractivity contribution is -0.123. The van der Waals surface area contributed by atoms with E-state index in [4.69, 9.17) is 14.6 Å². The third kappa shape index (κ3) is 6.59. The molecule has 0 spiro atoms. The van der Waals surface area contributed by atoms with Gasteiger partial charge in [-0.05, 0) is 49.3 Å². The van der Waals surface area contributed by atoms with Crippen LogP contribution in [0.2, 0.25) is 0 Å². The van der Waals surface area contributed by atoms with Crippen LogP contribution in [-0.2, 0) is 11.3 Å². The number of methoxy groups -OCH3 is 2. The van der Waals surface area contributed by atoms with Crippen LogP contribution in [-0.4, -0.2) is 47.9 Å². The van der Waals surface area contributed by atoms with Crippen LogP contribution >= 0.6 is 0 Å². The maximum absolute atomic E-state index is 13.4. The van der Waals surface area contributed by atoms with Crippen molar-refractivity contribution in [2.45, 2.75) is 84.8 Å². The highest BCUT2D eigenvalue weighted by Gasteiger charge is 2.27. The zero-order valence-electron chi connectivity index (χ0n) is 22.6. The maximum Gasteiger partial charge on any atom is 0.272 e. The quantitative estimate of drug-likeness (QED) is 0.413. The number of hydrogen-bond donors (Lipinski definition) is 2. The fourth-order valence-corrected chi connectivity index (χ4v) is 4.50. The fraction of sp³-hybridized carbons (Fsp3) is 0.607. The summed E-state index contributed by atoms with van der Waals surface area (Å²) in [6, 6.07) is 7.41. The standard InChI is InChI=1S/C28H42N4O4/c1-7-19(8-2)17-32-23(27-24(35-5)13-10-14-25(27)36-6)15-22(31-32)28(34)30-21(18(3)4)16-26(33)29-20-11-9-12-20/h10,13-15,18-21H,7-9,11-12,16-17H2,1-6H3,(H,29,33)(H,30,34). The first-order valence-corrected chi connectivity index (χ1v) is 13.2. The minimum absolute atomic E-state index is 0.0163. The molecule has 198 valence electrons. The number of rotatable bonds is 13. The maximum atomic E-state index is 13.4. The summed E-state index contributed by atoms with van der Waals surface area (Å²) in [6.07, 6.45) is 5.49. The van der Waals surface area contributed by atoms with Crippen LogP contribution < -0.4 is 20.1 Å². The predicted octanol–water partition coefficient (Wildman–Crippen LogP) is 4.82. The van der Waals surface area contributed by atoms with E-state index in [1.54, 1.807) is 20.3 Å². The Kier molecular flexibility index (Phi) is 9.79. The Balaban J connectivity index is 1.90. The summed E-state index contributed by atoms with van der Waals surface area (Å²) >= 11 is 0. The third-order valence-corrected chi connectivity index (χ3v) is 7.28. The van der Waals surface area contributed by atoms with Crippen LogP contribution in [0, 0.1) is 11.8 Å². The van der Waals surface area contributed by atoms with Crippen molar-refractivity contribution in [2.24, 2.45) is 11.8 Å². The van der Waals surface area contributed by atoms with Crippen molar-refractivity contribution in [1.29, 1.82) is 0 Å². The summed E-state index contributed by atoms with van der Waals surface area (Å²) in [5.74, 6) is 1.51. The van der Waals surface area contributed by atoms with E-state index in [0.29, 0.717) is 29.7 Å². The Morgan fingerprint density at radius 2 is 1.75 bits per heavy atom. The molecule has 1 aliphatic carbocycles. The van der Waals surface area contributed by atoms with Gasteiger partial charge < -0.3 is 20.1 Å². The van der Waals surface area contributed by atoms with E-state index < -0.39 is 0 Å². The van der Waals surface area contributed by atoms with Gasteiger partial charge in [-0.2, -0.15) is 5.10 Å². The topological polar surface area (TPSA) is 94.5 Å². The van der Waals surface area contributed by atoms with Gasteiger partial charge in [0.1, 0.15) is 11.5 Å². The Bertz CT molecular complexity index is 1000. The summed E-state index contributed by atoms with van der Waals surface area (Å²) in [5, 5.41) is 10.9. The molecule has 1 saturated carbocycles. The zero-order chi connectivity index (χ0) is 26.2. The van der Waals surface area contributed by atoms with Gasteiger partial charge in [-0.15, -0.1) is 0 Å². The van der Waals surface area contributed by atoms with E-state index in [0.717, 1.165) is 43.4 Å².